The first-order valence-electron chi connectivity index (χ1n) is 6.22. The lowest BCUT2D eigenvalue weighted by atomic mass is 9.69. The summed E-state index contributed by atoms with van der Waals surface area (Å²) in [7, 11) is 0. The molecule has 2 aliphatic rings. The molecule has 0 aromatic carbocycles. The standard InChI is InChI=1S/C12H23NO3/c1-3-10(2,13)11(14)4-6-12(7-5-11)15-8-9-16-12/h14H,3-9,13H2,1-2H3. The van der Waals surface area contributed by atoms with Crippen LogP contribution in [0.5, 0.6) is 0 Å². The fourth-order valence-electron chi connectivity index (χ4n) is 2.73. The van der Waals surface area contributed by atoms with Gasteiger partial charge in [0.15, 0.2) is 5.79 Å². The van der Waals surface area contributed by atoms with Gasteiger partial charge in [-0.15, -0.1) is 0 Å². The van der Waals surface area contributed by atoms with Crippen molar-refractivity contribution in [1.82, 2.24) is 0 Å². The molecule has 94 valence electrons. The maximum atomic E-state index is 10.6. The molecule has 0 aromatic heterocycles. The monoisotopic (exact) mass is 229 g/mol. The Morgan fingerprint density at radius 3 is 2.12 bits per heavy atom. The van der Waals surface area contributed by atoms with Gasteiger partial charge in [-0.25, -0.2) is 0 Å². The van der Waals surface area contributed by atoms with Gasteiger partial charge in [-0.2, -0.15) is 0 Å². The van der Waals surface area contributed by atoms with Crippen LogP contribution >= 0.6 is 0 Å². The van der Waals surface area contributed by atoms with Gasteiger partial charge in [0.1, 0.15) is 0 Å². The van der Waals surface area contributed by atoms with Gasteiger partial charge in [0.25, 0.3) is 0 Å². The average Bonchev–Trinajstić information content (AvgIpc) is 2.72. The molecule has 1 saturated heterocycles. The molecule has 1 aliphatic carbocycles. The lowest BCUT2D eigenvalue weighted by Crippen LogP contribution is -2.61. The van der Waals surface area contributed by atoms with Gasteiger partial charge < -0.3 is 20.3 Å². The van der Waals surface area contributed by atoms with Gasteiger partial charge in [0.2, 0.25) is 0 Å². The molecule has 1 aliphatic heterocycles. The summed E-state index contributed by atoms with van der Waals surface area (Å²) in [5.41, 5.74) is 4.88. The van der Waals surface area contributed by atoms with Crippen LogP contribution in [0.25, 0.3) is 0 Å². The molecule has 1 unspecified atom stereocenters. The summed E-state index contributed by atoms with van der Waals surface area (Å²) in [5.74, 6) is -0.421. The third-order valence-electron chi connectivity index (χ3n) is 4.45. The summed E-state index contributed by atoms with van der Waals surface area (Å²) in [5, 5.41) is 10.6. The van der Waals surface area contributed by atoms with Crippen LogP contribution in [-0.2, 0) is 9.47 Å². The van der Waals surface area contributed by atoms with Gasteiger partial charge in [0.05, 0.1) is 18.8 Å². The van der Waals surface area contributed by atoms with Crippen LogP contribution in [0.1, 0.15) is 46.0 Å². The predicted octanol–water partition coefficient (Wildman–Crippen LogP) is 1.16. The minimum atomic E-state index is -0.775. The second kappa shape index (κ2) is 3.95. The van der Waals surface area contributed by atoms with Crippen molar-refractivity contribution in [3.8, 4) is 0 Å². The molecule has 1 heterocycles. The highest BCUT2D eigenvalue weighted by molar-refractivity contribution is 5.04. The Labute approximate surface area is 97.1 Å². The minimum Gasteiger partial charge on any atom is -0.388 e. The van der Waals surface area contributed by atoms with Crippen LogP contribution in [0, 0.1) is 0 Å². The van der Waals surface area contributed by atoms with Crippen LogP contribution in [0.2, 0.25) is 0 Å². The molecular weight excluding hydrogens is 206 g/mol. The lowest BCUT2D eigenvalue weighted by Gasteiger charge is -2.48. The molecule has 0 bridgehead atoms. The molecule has 1 spiro atoms. The zero-order chi connectivity index (χ0) is 11.9. The Morgan fingerprint density at radius 2 is 1.69 bits per heavy atom. The summed E-state index contributed by atoms with van der Waals surface area (Å²) in [4.78, 5) is 0. The summed E-state index contributed by atoms with van der Waals surface area (Å²) in [6.45, 7) is 5.30. The average molecular weight is 229 g/mol. The quantitative estimate of drug-likeness (QED) is 0.746. The molecule has 0 amide bonds. The van der Waals surface area contributed by atoms with Crippen molar-refractivity contribution in [3.63, 3.8) is 0 Å². The van der Waals surface area contributed by atoms with Gasteiger partial charge in [-0.05, 0) is 26.2 Å². The van der Waals surface area contributed by atoms with Gasteiger partial charge >= 0.3 is 0 Å². The molecule has 2 rings (SSSR count). The third kappa shape index (κ3) is 1.88. The molecule has 0 radical (unpaired) electrons. The first-order valence-corrected chi connectivity index (χ1v) is 6.22. The second-order valence-corrected chi connectivity index (χ2v) is 5.41. The number of hydrogen-bond donors (Lipinski definition) is 2. The topological polar surface area (TPSA) is 64.7 Å². The van der Waals surface area contributed by atoms with E-state index in [0.717, 1.165) is 19.3 Å². The zero-order valence-electron chi connectivity index (χ0n) is 10.3. The number of nitrogens with two attached hydrogens (primary N) is 1. The highest BCUT2D eigenvalue weighted by atomic mass is 16.7. The highest BCUT2D eigenvalue weighted by Crippen LogP contribution is 2.44. The number of hydrogen-bond acceptors (Lipinski definition) is 4. The largest absolute Gasteiger partial charge is 0.388 e. The van der Waals surface area contributed by atoms with Crippen molar-refractivity contribution in [3.05, 3.63) is 0 Å². The van der Waals surface area contributed by atoms with Crippen molar-refractivity contribution in [2.24, 2.45) is 5.73 Å². The fourth-order valence-corrected chi connectivity index (χ4v) is 2.73. The van der Waals surface area contributed by atoms with E-state index < -0.39 is 16.9 Å². The summed E-state index contributed by atoms with van der Waals surface area (Å²) in [6, 6.07) is 0. The fraction of sp³-hybridized carbons (Fsp3) is 1.00. The molecule has 2 fully saturated rings. The summed E-state index contributed by atoms with van der Waals surface area (Å²) >= 11 is 0. The van der Waals surface area contributed by atoms with E-state index in [1.165, 1.54) is 0 Å². The van der Waals surface area contributed by atoms with E-state index in [1.807, 2.05) is 13.8 Å². The molecule has 1 atom stereocenters. The molecular formula is C12H23NO3. The maximum absolute atomic E-state index is 10.6. The first kappa shape index (κ1) is 12.3. The van der Waals surface area contributed by atoms with Crippen LogP contribution in [0.4, 0.5) is 0 Å². The van der Waals surface area contributed by atoms with Gasteiger partial charge in [-0.1, -0.05) is 6.92 Å². The maximum Gasteiger partial charge on any atom is 0.168 e. The Balaban J connectivity index is 2.03. The molecule has 4 nitrogen and oxygen atoms in total. The molecule has 3 N–H and O–H groups in total. The number of rotatable bonds is 2. The second-order valence-electron chi connectivity index (χ2n) is 5.41. The Morgan fingerprint density at radius 1 is 1.19 bits per heavy atom. The normalized spacial score (nSPS) is 31.5. The molecule has 1 saturated carbocycles. The van der Waals surface area contributed by atoms with E-state index in [0.29, 0.717) is 26.1 Å². The van der Waals surface area contributed by atoms with Crippen molar-refractivity contribution >= 4 is 0 Å². The minimum absolute atomic E-state index is 0.421. The predicted molar refractivity (Wildman–Crippen MR) is 60.9 cm³/mol. The lowest BCUT2D eigenvalue weighted by molar-refractivity contribution is -0.211. The van der Waals surface area contributed by atoms with E-state index in [-0.39, 0.29) is 0 Å². The van der Waals surface area contributed by atoms with E-state index in [9.17, 15) is 5.11 Å². The van der Waals surface area contributed by atoms with Crippen LogP contribution in [0.15, 0.2) is 0 Å². The Bertz CT molecular complexity index is 249. The summed E-state index contributed by atoms with van der Waals surface area (Å²) in [6.07, 6.45) is 3.59. The molecule has 4 heteroatoms. The number of ether oxygens (including phenoxy) is 2. The smallest absolute Gasteiger partial charge is 0.168 e. The molecule has 0 aromatic rings. The van der Waals surface area contributed by atoms with Crippen LogP contribution in [0.3, 0.4) is 0 Å². The van der Waals surface area contributed by atoms with E-state index >= 15 is 0 Å². The zero-order valence-corrected chi connectivity index (χ0v) is 10.3. The van der Waals surface area contributed by atoms with Crippen molar-refractivity contribution in [2.75, 3.05) is 13.2 Å². The number of aliphatic hydroxyl groups is 1. The van der Waals surface area contributed by atoms with Crippen LogP contribution in [-0.4, -0.2) is 35.2 Å². The van der Waals surface area contributed by atoms with Crippen molar-refractivity contribution < 1.29 is 14.6 Å². The van der Waals surface area contributed by atoms with Crippen molar-refractivity contribution in [2.45, 2.75) is 62.9 Å². The summed E-state index contributed by atoms with van der Waals surface area (Å²) < 4.78 is 11.3. The van der Waals surface area contributed by atoms with E-state index in [1.54, 1.807) is 0 Å². The Hall–Kier alpha value is -0.160. The van der Waals surface area contributed by atoms with Crippen molar-refractivity contribution in [1.29, 1.82) is 0 Å². The first-order chi connectivity index (χ1) is 7.43. The highest BCUT2D eigenvalue weighted by Gasteiger charge is 2.51. The van der Waals surface area contributed by atoms with Crippen LogP contribution < -0.4 is 5.73 Å². The third-order valence-corrected chi connectivity index (χ3v) is 4.45. The van der Waals surface area contributed by atoms with Gasteiger partial charge in [0, 0.05) is 18.4 Å². The van der Waals surface area contributed by atoms with E-state index in [2.05, 4.69) is 0 Å². The SMILES string of the molecule is CCC(C)(N)C1(O)CCC2(CC1)OCCO2. The molecule has 16 heavy (non-hydrogen) atoms. The van der Waals surface area contributed by atoms with E-state index in [4.69, 9.17) is 15.2 Å². The Kier molecular flexibility index (Phi) is 3.03. The van der Waals surface area contributed by atoms with Gasteiger partial charge in [-0.3, -0.25) is 0 Å².